The number of anilines is 2. The van der Waals surface area contributed by atoms with E-state index in [0.29, 0.717) is 17.0 Å². The van der Waals surface area contributed by atoms with Crippen LogP contribution in [0, 0.1) is 0 Å². The molecule has 0 aliphatic heterocycles. The lowest BCUT2D eigenvalue weighted by Gasteiger charge is -2.22. The Hall–Kier alpha value is -2.71. The van der Waals surface area contributed by atoms with Gasteiger partial charge in [-0.25, -0.2) is 9.69 Å². The number of amides is 1. The van der Waals surface area contributed by atoms with Gasteiger partial charge >= 0.3 is 18.4 Å². The molecule has 2 aromatic rings. The van der Waals surface area contributed by atoms with Crippen molar-refractivity contribution in [2.24, 2.45) is 0 Å². The van der Waals surface area contributed by atoms with E-state index in [9.17, 15) is 36.2 Å². The van der Waals surface area contributed by atoms with Crippen LogP contribution in [0.3, 0.4) is 0 Å². The summed E-state index contributed by atoms with van der Waals surface area (Å²) in [5.74, 6) is 0. The molecule has 2 rings (SSSR count). The number of carbonyl (C=O) groups is 1. The molecule has 0 bridgehead atoms. The predicted octanol–water partition coefficient (Wildman–Crippen LogP) is 5.54. The van der Waals surface area contributed by atoms with Gasteiger partial charge in [-0.15, -0.1) is 0 Å². The van der Waals surface area contributed by atoms with Gasteiger partial charge in [0.25, 0.3) is 0 Å². The predicted molar refractivity (Wildman–Crippen MR) is 73.1 cm³/mol. The van der Waals surface area contributed by atoms with E-state index in [-0.39, 0.29) is 11.8 Å². The van der Waals surface area contributed by atoms with Crippen molar-refractivity contribution in [1.29, 1.82) is 0 Å². The van der Waals surface area contributed by atoms with Crippen LogP contribution in [-0.4, -0.2) is 11.2 Å². The number of para-hydroxylation sites is 1. The first-order chi connectivity index (χ1) is 11.0. The standard InChI is InChI=1S/C15H9F6NO2/c16-14(17,18)9-6-10(15(19,20)21)8-12(7-9)22(13(23)24)11-4-2-1-3-5-11/h1-8H,(H,23,24). The fraction of sp³-hybridized carbons (Fsp3) is 0.133. The zero-order chi connectivity index (χ0) is 18.1. The molecule has 9 heteroatoms. The maximum absolute atomic E-state index is 12.9. The molecule has 1 amide bonds. The number of alkyl halides is 6. The van der Waals surface area contributed by atoms with E-state index in [1.165, 1.54) is 30.3 Å². The second kappa shape index (κ2) is 6.06. The van der Waals surface area contributed by atoms with Crippen molar-refractivity contribution in [3.63, 3.8) is 0 Å². The Morgan fingerprint density at radius 1 is 0.792 bits per heavy atom. The highest BCUT2D eigenvalue weighted by Crippen LogP contribution is 2.39. The minimum Gasteiger partial charge on any atom is -0.464 e. The average molecular weight is 349 g/mol. The van der Waals surface area contributed by atoms with Crippen LogP contribution in [0.25, 0.3) is 0 Å². The van der Waals surface area contributed by atoms with E-state index in [4.69, 9.17) is 0 Å². The quantitative estimate of drug-likeness (QED) is 0.723. The molecular formula is C15H9F6NO2. The Morgan fingerprint density at radius 2 is 1.25 bits per heavy atom. The van der Waals surface area contributed by atoms with E-state index in [0.717, 1.165) is 0 Å². The van der Waals surface area contributed by atoms with Gasteiger partial charge in [0.15, 0.2) is 0 Å². The zero-order valence-corrected chi connectivity index (χ0v) is 11.7. The second-order valence-electron chi connectivity index (χ2n) is 4.72. The molecule has 0 radical (unpaired) electrons. The fourth-order valence-electron chi connectivity index (χ4n) is 2.01. The molecule has 0 spiro atoms. The summed E-state index contributed by atoms with van der Waals surface area (Å²) in [5, 5.41) is 9.23. The first-order valence-electron chi connectivity index (χ1n) is 6.38. The van der Waals surface area contributed by atoms with Crippen LogP contribution in [0.5, 0.6) is 0 Å². The minimum absolute atomic E-state index is 0.0610. The number of benzene rings is 2. The summed E-state index contributed by atoms with van der Waals surface area (Å²) < 4.78 is 77.2. The van der Waals surface area contributed by atoms with Gasteiger partial charge < -0.3 is 5.11 Å². The first-order valence-corrected chi connectivity index (χ1v) is 6.38. The molecule has 0 heterocycles. The van der Waals surface area contributed by atoms with Crippen molar-refractivity contribution in [1.82, 2.24) is 0 Å². The molecule has 0 saturated carbocycles. The van der Waals surface area contributed by atoms with Crippen LogP contribution < -0.4 is 4.90 Å². The van der Waals surface area contributed by atoms with Crippen molar-refractivity contribution >= 4 is 17.5 Å². The fourth-order valence-corrected chi connectivity index (χ4v) is 2.01. The maximum atomic E-state index is 12.9. The molecule has 24 heavy (non-hydrogen) atoms. The van der Waals surface area contributed by atoms with Gasteiger partial charge in [0.1, 0.15) is 0 Å². The van der Waals surface area contributed by atoms with E-state index in [2.05, 4.69) is 0 Å². The minimum atomic E-state index is -5.06. The molecule has 0 aliphatic rings. The largest absolute Gasteiger partial charge is 0.464 e. The van der Waals surface area contributed by atoms with Crippen LogP contribution in [-0.2, 0) is 12.4 Å². The number of rotatable bonds is 2. The number of carboxylic acid groups (broad SMARTS) is 1. The van der Waals surface area contributed by atoms with Crippen molar-refractivity contribution in [3.8, 4) is 0 Å². The van der Waals surface area contributed by atoms with E-state index in [1.54, 1.807) is 0 Å². The molecule has 0 atom stereocenters. The van der Waals surface area contributed by atoms with E-state index >= 15 is 0 Å². The van der Waals surface area contributed by atoms with Crippen molar-refractivity contribution < 1.29 is 36.2 Å². The third-order valence-electron chi connectivity index (χ3n) is 3.04. The van der Waals surface area contributed by atoms with Crippen molar-refractivity contribution in [2.75, 3.05) is 4.90 Å². The Morgan fingerprint density at radius 3 is 1.62 bits per heavy atom. The van der Waals surface area contributed by atoms with Gasteiger partial charge in [-0.2, -0.15) is 26.3 Å². The Balaban J connectivity index is 2.69. The summed E-state index contributed by atoms with van der Waals surface area (Å²) in [7, 11) is 0. The molecule has 128 valence electrons. The average Bonchev–Trinajstić information content (AvgIpc) is 2.46. The number of halogens is 6. The van der Waals surface area contributed by atoms with Crippen LogP contribution in [0.4, 0.5) is 42.5 Å². The topological polar surface area (TPSA) is 40.5 Å². The Bertz CT molecular complexity index is 708. The SMILES string of the molecule is O=C(O)N(c1ccccc1)c1cc(C(F)(F)F)cc(C(F)(F)F)c1. The van der Waals surface area contributed by atoms with Gasteiger partial charge in [-0.3, -0.25) is 0 Å². The number of nitrogens with zero attached hydrogens (tertiary/aromatic N) is 1. The summed E-state index contributed by atoms with van der Waals surface area (Å²) in [6.45, 7) is 0. The smallest absolute Gasteiger partial charge is 0.416 e. The summed E-state index contributed by atoms with van der Waals surface area (Å²) in [4.78, 5) is 11.7. The number of hydrogen-bond donors (Lipinski definition) is 1. The molecule has 1 N–H and O–H groups in total. The first kappa shape index (κ1) is 17.6. The lowest BCUT2D eigenvalue weighted by atomic mass is 10.1. The van der Waals surface area contributed by atoms with Crippen LogP contribution >= 0.6 is 0 Å². The summed E-state index contributed by atoms with van der Waals surface area (Å²) in [5.41, 5.74) is -4.02. The zero-order valence-electron chi connectivity index (χ0n) is 11.7. The summed E-state index contributed by atoms with van der Waals surface area (Å²) in [6, 6.07) is 7.49. The van der Waals surface area contributed by atoms with Gasteiger partial charge in [0, 0.05) is 0 Å². The van der Waals surface area contributed by atoms with Gasteiger partial charge in [-0.1, -0.05) is 18.2 Å². The molecule has 0 aliphatic carbocycles. The summed E-state index contributed by atoms with van der Waals surface area (Å²) >= 11 is 0. The lowest BCUT2D eigenvalue weighted by Crippen LogP contribution is -2.25. The van der Waals surface area contributed by atoms with Gasteiger partial charge in [0.2, 0.25) is 0 Å². The molecule has 3 nitrogen and oxygen atoms in total. The normalized spacial score (nSPS) is 12.1. The molecule has 0 unspecified atom stereocenters. The van der Waals surface area contributed by atoms with Crippen molar-refractivity contribution in [2.45, 2.75) is 12.4 Å². The summed E-state index contributed by atoms with van der Waals surface area (Å²) in [6.07, 6.45) is -11.8. The maximum Gasteiger partial charge on any atom is 0.416 e. The number of hydrogen-bond acceptors (Lipinski definition) is 1. The van der Waals surface area contributed by atoms with E-state index < -0.39 is 35.3 Å². The molecular weight excluding hydrogens is 340 g/mol. The van der Waals surface area contributed by atoms with Crippen LogP contribution in [0.15, 0.2) is 48.5 Å². The Kier molecular flexibility index (Phi) is 4.46. The highest BCUT2D eigenvalue weighted by molar-refractivity contribution is 5.95. The van der Waals surface area contributed by atoms with E-state index in [1.807, 2.05) is 0 Å². The monoisotopic (exact) mass is 349 g/mol. The molecule has 0 fully saturated rings. The molecule has 2 aromatic carbocycles. The highest BCUT2D eigenvalue weighted by Gasteiger charge is 2.38. The third kappa shape index (κ3) is 3.79. The van der Waals surface area contributed by atoms with Crippen LogP contribution in [0.2, 0.25) is 0 Å². The lowest BCUT2D eigenvalue weighted by molar-refractivity contribution is -0.143. The van der Waals surface area contributed by atoms with Gasteiger partial charge in [0.05, 0.1) is 22.5 Å². The second-order valence-corrected chi connectivity index (χ2v) is 4.72. The van der Waals surface area contributed by atoms with Crippen LogP contribution in [0.1, 0.15) is 11.1 Å². The molecule has 0 aromatic heterocycles. The molecule has 0 saturated heterocycles. The Labute approximate surface area is 131 Å². The third-order valence-corrected chi connectivity index (χ3v) is 3.04. The van der Waals surface area contributed by atoms with Gasteiger partial charge in [-0.05, 0) is 30.3 Å². The van der Waals surface area contributed by atoms with Crippen molar-refractivity contribution in [3.05, 3.63) is 59.7 Å². The highest BCUT2D eigenvalue weighted by atomic mass is 19.4.